The first kappa shape index (κ1) is 10.0. The largest absolute Gasteiger partial charge is 0.327 e. The monoisotopic (exact) mass is 202 g/mol. The van der Waals surface area contributed by atoms with Crippen LogP contribution >= 0.6 is 23.1 Å². The van der Waals surface area contributed by atoms with E-state index >= 15 is 0 Å². The zero-order chi connectivity index (χ0) is 8.97. The van der Waals surface area contributed by atoms with E-state index in [0.29, 0.717) is 6.04 Å². The third-order valence-electron chi connectivity index (χ3n) is 1.29. The number of aryl methyl sites for hydroxylation is 1. The van der Waals surface area contributed by atoms with Crippen molar-refractivity contribution in [3.05, 3.63) is 16.1 Å². The Morgan fingerprint density at radius 3 is 3.00 bits per heavy atom. The van der Waals surface area contributed by atoms with E-state index in [1.807, 2.05) is 31.8 Å². The van der Waals surface area contributed by atoms with E-state index in [-0.39, 0.29) is 0 Å². The molecule has 0 aliphatic heterocycles. The maximum atomic E-state index is 5.63. The van der Waals surface area contributed by atoms with Crippen LogP contribution < -0.4 is 5.73 Å². The van der Waals surface area contributed by atoms with Crippen LogP contribution in [0.2, 0.25) is 0 Å². The SMILES string of the molecule is Cc1ncc(CSCC(C)N)s1. The van der Waals surface area contributed by atoms with Crippen molar-refractivity contribution < 1.29 is 0 Å². The second-order valence-electron chi connectivity index (χ2n) is 2.84. The van der Waals surface area contributed by atoms with Crippen LogP contribution in [0.5, 0.6) is 0 Å². The Morgan fingerprint density at radius 2 is 2.50 bits per heavy atom. The van der Waals surface area contributed by atoms with Crippen LogP contribution in [-0.2, 0) is 5.75 Å². The van der Waals surface area contributed by atoms with Crippen molar-refractivity contribution in [1.82, 2.24) is 4.98 Å². The van der Waals surface area contributed by atoms with Crippen LogP contribution in [0.25, 0.3) is 0 Å². The molecule has 0 radical (unpaired) electrons. The third-order valence-corrected chi connectivity index (χ3v) is 3.67. The molecule has 0 amide bonds. The van der Waals surface area contributed by atoms with Gasteiger partial charge in [0.25, 0.3) is 0 Å². The molecule has 4 heteroatoms. The number of rotatable bonds is 4. The van der Waals surface area contributed by atoms with Crippen molar-refractivity contribution in [3.63, 3.8) is 0 Å². The maximum absolute atomic E-state index is 5.63. The molecule has 1 atom stereocenters. The molecule has 1 unspecified atom stereocenters. The Balaban J connectivity index is 2.24. The summed E-state index contributed by atoms with van der Waals surface area (Å²) in [5.74, 6) is 2.07. The van der Waals surface area contributed by atoms with Gasteiger partial charge in [-0.2, -0.15) is 11.8 Å². The maximum Gasteiger partial charge on any atom is 0.0897 e. The van der Waals surface area contributed by atoms with Crippen molar-refractivity contribution >= 4 is 23.1 Å². The lowest BCUT2D eigenvalue weighted by atomic mass is 10.4. The second-order valence-corrected chi connectivity index (χ2v) is 5.19. The van der Waals surface area contributed by atoms with E-state index in [9.17, 15) is 0 Å². The fourth-order valence-corrected chi connectivity index (χ4v) is 2.66. The summed E-state index contributed by atoms with van der Waals surface area (Å²) in [5.41, 5.74) is 5.63. The molecule has 1 rings (SSSR count). The van der Waals surface area contributed by atoms with E-state index in [2.05, 4.69) is 4.98 Å². The zero-order valence-electron chi connectivity index (χ0n) is 7.41. The normalized spacial score (nSPS) is 13.2. The van der Waals surface area contributed by atoms with Crippen molar-refractivity contribution in [3.8, 4) is 0 Å². The zero-order valence-corrected chi connectivity index (χ0v) is 9.04. The first-order chi connectivity index (χ1) is 5.68. The third kappa shape index (κ3) is 3.56. The van der Waals surface area contributed by atoms with Gasteiger partial charge in [-0.25, -0.2) is 4.98 Å². The van der Waals surface area contributed by atoms with Crippen molar-refractivity contribution in [1.29, 1.82) is 0 Å². The van der Waals surface area contributed by atoms with Gasteiger partial charge in [-0.3, -0.25) is 0 Å². The quantitative estimate of drug-likeness (QED) is 0.812. The molecular weight excluding hydrogens is 188 g/mol. The highest BCUT2D eigenvalue weighted by Gasteiger charge is 1.99. The molecule has 0 aliphatic carbocycles. The molecule has 1 aromatic rings. The molecule has 0 aromatic carbocycles. The van der Waals surface area contributed by atoms with Crippen LogP contribution in [0, 0.1) is 6.92 Å². The molecule has 1 aromatic heterocycles. The van der Waals surface area contributed by atoms with Gasteiger partial charge in [0.05, 0.1) is 5.01 Å². The second kappa shape index (κ2) is 4.84. The summed E-state index contributed by atoms with van der Waals surface area (Å²) in [5, 5.41) is 1.14. The smallest absolute Gasteiger partial charge is 0.0897 e. The van der Waals surface area contributed by atoms with E-state index in [1.54, 1.807) is 11.3 Å². The fourth-order valence-electron chi connectivity index (χ4n) is 0.817. The van der Waals surface area contributed by atoms with Crippen LogP contribution in [0.1, 0.15) is 16.8 Å². The topological polar surface area (TPSA) is 38.9 Å². The van der Waals surface area contributed by atoms with Gasteiger partial charge in [0.15, 0.2) is 0 Å². The molecule has 12 heavy (non-hydrogen) atoms. The number of thiazole rings is 1. The van der Waals surface area contributed by atoms with Gasteiger partial charge < -0.3 is 5.73 Å². The summed E-state index contributed by atoms with van der Waals surface area (Å²) >= 11 is 3.64. The van der Waals surface area contributed by atoms with Gasteiger partial charge in [-0.1, -0.05) is 0 Å². The molecule has 68 valence electrons. The molecule has 2 N–H and O–H groups in total. The van der Waals surface area contributed by atoms with Gasteiger partial charge in [0.2, 0.25) is 0 Å². The Morgan fingerprint density at radius 1 is 1.75 bits per heavy atom. The highest BCUT2D eigenvalue weighted by Crippen LogP contribution is 2.18. The summed E-state index contributed by atoms with van der Waals surface area (Å²) in [4.78, 5) is 5.53. The van der Waals surface area contributed by atoms with Crippen LogP contribution in [-0.4, -0.2) is 16.8 Å². The molecule has 0 spiro atoms. The lowest BCUT2D eigenvalue weighted by Gasteiger charge is -2.01. The van der Waals surface area contributed by atoms with Crippen molar-refractivity contribution in [2.24, 2.45) is 5.73 Å². The Labute approximate surface area is 81.6 Å². The van der Waals surface area contributed by atoms with E-state index in [4.69, 9.17) is 5.73 Å². The van der Waals surface area contributed by atoms with Crippen molar-refractivity contribution in [2.45, 2.75) is 25.6 Å². The molecule has 0 saturated carbocycles. The predicted octanol–water partition coefficient (Wildman–Crippen LogP) is 2.03. The van der Waals surface area contributed by atoms with Gasteiger partial charge >= 0.3 is 0 Å². The Bertz CT molecular complexity index is 233. The van der Waals surface area contributed by atoms with Gasteiger partial charge in [0, 0.05) is 28.6 Å². The van der Waals surface area contributed by atoms with Crippen LogP contribution in [0.3, 0.4) is 0 Å². The van der Waals surface area contributed by atoms with E-state index in [1.165, 1.54) is 4.88 Å². The fraction of sp³-hybridized carbons (Fsp3) is 0.625. The highest BCUT2D eigenvalue weighted by molar-refractivity contribution is 7.98. The average Bonchev–Trinajstić information content (AvgIpc) is 2.35. The first-order valence-electron chi connectivity index (χ1n) is 3.93. The summed E-state index contributed by atoms with van der Waals surface area (Å²) < 4.78 is 0. The number of aromatic nitrogens is 1. The minimum Gasteiger partial charge on any atom is -0.327 e. The van der Waals surface area contributed by atoms with Crippen molar-refractivity contribution in [2.75, 3.05) is 5.75 Å². The van der Waals surface area contributed by atoms with Crippen LogP contribution in [0.15, 0.2) is 6.20 Å². The molecule has 0 saturated heterocycles. The van der Waals surface area contributed by atoms with E-state index < -0.39 is 0 Å². The average molecular weight is 202 g/mol. The number of nitrogens with zero attached hydrogens (tertiary/aromatic N) is 1. The molecule has 0 aliphatic rings. The minimum atomic E-state index is 0.295. The van der Waals surface area contributed by atoms with E-state index in [0.717, 1.165) is 16.5 Å². The molecule has 0 fully saturated rings. The summed E-state index contributed by atoms with van der Waals surface area (Å²) in [6.45, 7) is 4.06. The lowest BCUT2D eigenvalue weighted by molar-refractivity contribution is 0.847. The number of hydrogen-bond donors (Lipinski definition) is 1. The predicted molar refractivity (Wildman–Crippen MR) is 56.7 cm³/mol. The van der Waals surface area contributed by atoms with Crippen LogP contribution in [0.4, 0.5) is 0 Å². The molecule has 2 nitrogen and oxygen atoms in total. The summed E-state index contributed by atoms with van der Waals surface area (Å²) in [6.07, 6.45) is 1.95. The summed E-state index contributed by atoms with van der Waals surface area (Å²) in [7, 11) is 0. The molecular formula is C8H14N2S2. The Hall–Kier alpha value is -0.0600. The molecule has 1 heterocycles. The highest BCUT2D eigenvalue weighted by atomic mass is 32.2. The standard InChI is InChI=1S/C8H14N2S2/c1-6(9)4-11-5-8-3-10-7(2)12-8/h3,6H,4-5,9H2,1-2H3. The van der Waals surface area contributed by atoms with Gasteiger partial charge in [-0.05, 0) is 13.8 Å². The number of thioether (sulfide) groups is 1. The number of nitrogens with two attached hydrogens (primary N) is 1. The molecule has 0 bridgehead atoms. The minimum absolute atomic E-state index is 0.295. The Kier molecular flexibility index (Phi) is 4.05. The summed E-state index contributed by atoms with van der Waals surface area (Å²) in [6, 6.07) is 0.295. The van der Waals surface area contributed by atoms with Gasteiger partial charge in [0.1, 0.15) is 0 Å². The number of hydrogen-bond acceptors (Lipinski definition) is 4. The first-order valence-corrected chi connectivity index (χ1v) is 5.90. The van der Waals surface area contributed by atoms with Gasteiger partial charge in [-0.15, -0.1) is 11.3 Å². The lowest BCUT2D eigenvalue weighted by Crippen LogP contribution is -2.17.